The molecule has 0 aliphatic heterocycles. The van der Waals surface area contributed by atoms with Gasteiger partial charge in [0.15, 0.2) is 5.13 Å². The number of nitrogens with zero attached hydrogens (tertiary/aromatic N) is 1. The second kappa shape index (κ2) is 7.58. The predicted octanol–water partition coefficient (Wildman–Crippen LogP) is 3.30. The summed E-state index contributed by atoms with van der Waals surface area (Å²) in [6.45, 7) is 0. The molecule has 0 unspecified atom stereocenters. The first-order valence-electron chi connectivity index (χ1n) is 7.60. The monoisotopic (exact) mass is 372 g/mol. The molecule has 0 amide bonds. The zero-order valence-electron chi connectivity index (χ0n) is 13.3. The Morgan fingerprint density at radius 2 is 1.60 bits per heavy atom. The van der Waals surface area contributed by atoms with Crippen molar-refractivity contribution < 1.29 is 13.2 Å². The van der Waals surface area contributed by atoms with E-state index in [4.69, 9.17) is 0 Å². The van der Waals surface area contributed by atoms with E-state index in [0.29, 0.717) is 11.6 Å². The van der Waals surface area contributed by atoms with E-state index in [1.807, 2.05) is 30.3 Å². The number of Topliss-reactive ketones (excluding diaryl/α,β-unsaturated/α-hetero) is 1. The summed E-state index contributed by atoms with van der Waals surface area (Å²) in [7, 11) is -3.66. The van der Waals surface area contributed by atoms with E-state index in [2.05, 4.69) is 9.71 Å². The van der Waals surface area contributed by atoms with Gasteiger partial charge in [-0.15, -0.1) is 11.3 Å². The molecule has 3 aromatic rings. The zero-order valence-corrected chi connectivity index (χ0v) is 14.9. The minimum atomic E-state index is -3.66. The average Bonchev–Trinajstić information content (AvgIpc) is 3.08. The fourth-order valence-corrected chi connectivity index (χ4v) is 4.14. The number of aromatic nitrogens is 1. The Kier molecular flexibility index (Phi) is 5.25. The van der Waals surface area contributed by atoms with E-state index < -0.39 is 10.0 Å². The van der Waals surface area contributed by atoms with Crippen LogP contribution in [0.2, 0.25) is 0 Å². The molecule has 0 saturated carbocycles. The molecule has 0 aliphatic rings. The first kappa shape index (κ1) is 17.3. The van der Waals surface area contributed by atoms with Gasteiger partial charge >= 0.3 is 0 Å². The van der Waals surface area contributed by atoms with Crippen LogP contribution in [0.1, 0.15) is 11.1 Å². The second-order valence-electron chi connectivity index (χ2n) is 5.46. The van der Waals surface area contributed by atoms with E-state index in [9.17, 15) is 13.2 Å². The normalized spacial score (nSPS) is 11.2. The van der Waals surface area contributed by atoms with Crippen LogP contribution in [-0.2, 0) is 27.7 Å². The maximum Gasteiger partial charge on any atom is 0.263 e. The minimum absolute atomic E-state index is 0.0858. The molecule has 1 heterocycles. The van der Waals surface area contributed by atoms with Crippen molar-refractivity contribution in [3.05, 3.63) is 77.3 Å². The van der Waals surface area contributed by atoms with Gasteiger partial charge in [-0.2, -0.15) is 0 Å². The van der Waals surface area contributed by atoms with Crippen molar-refractivity contribution in [1.29, 1.82) is 0 Å². The largest absolute Gasteiger partial charge is 0.299 e. The van der Waals surface area contributed by atoms with Gasteiger partial charge in [0.05, 0.1) is 4.90 Å². The maximum absolute atomic E-state index is 12.3. The van der Waals surface area contributed by atoms with Crippen LogP contribution in [0.15, 0.2) is 71.1 Å². The highest BCUT2D eigenvalue weighted by atomic mass is 32.2. The Morgan fingerprint density at radius 1 is 0.960 bits per heavy atom. The molecule has 0 spiro atoms. The summed E-state index contributed by atoms with van der Waals surface area (Å²) >= 11 is 1.21. The lowest BCUT2D eigenvalue weighted by Gasteiger charge is -2.06. The molecule has 7 heteroatoms. The van der Waals surface area contributed by atoms with E-state index in [1.165, 1.54) is 29.7 Å². The summed E-state index contributed by atoms with van der Waals surface area (Å²) < 4.78 is 26.9. The summed E-state index contributed by atoms with van der Waals surface area (Å²) in [6.07, 6.45) is 2.17. The van der Waals surface area contributed by atoms with Gasteiger partial charge in [0.25, 0.3) is 10.0 Å². The number of rotatable bonds is 7. The third kappa shape index (κ3) is 4.74. The van der Waals surface area contributed by atoms with E-state index >= 15 is 0 Å². The zero-order chi connectivity index (χ0) is 17.7. The highest BCUT2D eigenvalue weighted by Crippen LogP contribution is 2.18. The number of carbonyl (C=O) groups is 1. The minimum Gasteiger partial charge on any atom is -0.299 e. The predicted molar refractivity (Wildman–Crippen MR) is 98.2 cm³/mol. The number of hydrogen-bond acceptors (Lipinski definition) is 5. The van der Waals surface area contributed by atoms with Crippen LogP contribution in [0.5, 0.6) is 0 Å². The molecule has 0 aliphatic carbocycles. The molecule has 1 N–H and O–H groups in total. The van der Waals surface area contributed by atoms with Gasteiger partial charge in [0, 0.05) is 24.4 Å². The molecule has 0 atom stereocenters. The summed E-state index contributed by atoms with van der Waals surface area (Å²) in [4.78, 5) is 16.2. The number of thiazole rings is 1. The van der Waals surface area contributed by atoms with Crippen molar-refractivity contribution in [2.45, 2.75) is 17.7 Å². The highest BCUT2D eigenvalue weighted by molar-refractivity contribution is 7.93. The van der Waals surface area contributed by atoms with Crippen molar-refractivity contribution in [2.24, 2.45) is 0 Å². The second-order valence-corrected chi connectivity index (χ2v) is 8.04. The van der Waals surface area contributed by atoms with Gasteiger partial charge in [0.1, 0.15) is 5.78 Å². The van der Waals surface area contributed by atoms with Gasteiger partial charge in [0.2, 0.25) is 0 Å². The lowest BCUT2D eigenvalue weighted by Crippen LogP contribution is -2.13. The van der Waals surface area contributed by atoms with Gasteiger partial charge < -0.3 is 0 Å². The number of nitrogens with one attached hydrogen (secondary N) is 1. The lowest BCUT2D eigenvalue weighted by atomic mass is 10.0. The first-order valence-corrected chi connectivity index (χ1v) is 9.96. The van der Waals surface area contributed by atoms with Crippen molar-refractivity contribution in [3.8, 4) is 0 Å². The number of hydrogen-bond donors (Lipinski definition) is 1. The van der Waals surface area contributed by atoms with Crippen LogP contribution in [0.4, 0.5) is 5.13 Å². The van der Waals surface area contributed by atoms with E-state index in [0.717, 1.165) is 11.1 Å². The summed E-state index contributed by atoms with van der Waals surface area (Å²) in [5.74, 6) is 0.0858. The fraction of sp³-hybridized carbons (Fsp3) is 0.111. The quantitative estimate of drug-likeness (QED) is 0.690. The molecular weight excluding hydrogens is 356 g/mol. The number of benzene rings is 2. The standard InChI is InChI=1S/C18H16N2O3S2/c21-16(12-14-4-2-1-3-5-14)13-15-6-8-17(9-7-15)25(22,23)20-18-19-10-11-24-18/h1-11H,12-13H2,(H,19,20). The van der Waals surface area contributed by atoms with Crippen LogP contribution in [-0.4, -0.2) is 19.2 Å². The van der Waals surface area contributed by atoms with Gasteiger partial charge in [-0.25, -0.2) is 13.4 Å². The summed E-state index contributed by atoms with van der Waals surface area (Å²) in [6, 6.07) is 15.9. The molecule has 0 radical (unpaired) electrons. The molecule has 0 bridgehead atoms. The molecule has 1 aromatic heterocycles. The van der Waals surface area contributed by atoms with E-state index in [-0.39, 0.29) is 17.1 Å². The smallest absolute Gasteiger partial charge is 0.263 e. The Hall–Kier alpha value is -2.51. The van der Waals surface area contributed by atoms with Gasteiger partial charge in [-0.3, -0.25) is 9.52 Å². The number of carbonyl (C=O) groups excluding carboxylic acids is 1. The van der Waals surface area contributed by atoms with Crippen LogP contribution < -0.4 is 4.72 Å². The van der Waals surface area contributed by atoms with Crippen molar-refractivity contribution in [2.75, 3.05) is 4.72 Å². The average molecular weight is 372 g/mol. The molecule has 25 heavy (non-hydrogen) atoms. The van der Waals surface area contributed by atoms with Crippen molar-refractivity contribution in [3.63, 3.8) is 0 Å². The Morgan fingerprint density at radius 3 is 2.20 bits per heavy atom. The van der Waals surface area contributed by atoms with Crippen molar-refractivity contribution in [1.82, 2.24) is 4.98 Å². The third-order valence-corrected chi connectivity index (χ3v) is 5.71. The van der Waals surface area contributed by atoms with Crippen LogP contribution in [0.3, 0.4) is 0 Å². The van der Waals surface area contributed by atoms with Crippen LogP contribution in [0, 0.1) is 0 Å². The highest BCUT2D eigenvalue weighted by Gasteiger charge is 2.15. The molecule has 128 valence electrons. The summed E-state index contributed by atoms with van der Waals surface area (Å²) in [5.41, 5.74) is 1.76. The number of anilines is 1. The van der Waals surface area contributed by atoms with Crippen LogP contribution >= 0.6 is 11.3 Å². The van der Waals surface area contributed by atoms with E-state index in [1.54, 1.807) is 17.5 Å². The van der Waals surface area contributed by atoms with Crippen LogP contribution in [0.25, 0.3) is 0 Å². The Balaban J connectivity index is 1.65. The molecule has 5 nitrogen and oxygen atoms in total. The summed E-state index contributed by atoms with van der Waals surface area (Å²) in [5, 5.41) is 2.02. The molecular formula is C18H16N2O3S2. The Bertz CT molecular complexity index is 936. The lowest BCUT2D eigenvalue weighted by molar-refractivity contribution is -0.117. The molecule has 3 rings (SSSR count). The first-order chi connectivity index (χ1) is 12.0. The third-order valence-electron chi connectivity index (χ3n) is 3.53. The van der Waals surface area contributed by atoms with Gasteiger partial charge in [-0.1, -0.05) is 42.5 Å². The molecule has 0 fully saturated rings. The number of sulfonamides is 1. The fourth-order valence-electron chi connectivity index (χ4n) is 2.35. The molecule has 2 aromatic carbocycles. The Labute approximate surface area is 150 Å². The van der Waals surface area contributed by atoms with Gasteiger partial charge in [-0.05, 0) is 23.3 Å². The topological polar surface area (TPSA) is 76.1 Å². The van der Waals surface area contributed by atoms with Crippen molar-refractivity contribution >= 4 is 32.3 Å². The number of ketones is 1. The SMILES string of the molecule is O=C(Cc1ccccc1)Cc1ccc(S(=O)(=O)Nc2nccs2)cc1. The molecule has 0 saturated heterocycles. The maximum atomic E-state index is 12.3.